The minimum atomic E-state index is 1.05. The van der Waals surface area contributed by atoms with Gasteiger partial charge in [-0.25, -0.2) is 0 Å². The monoisotopic (exact) mass is 204 g/mol. The zero-order valence-corrected chi connectivity index (χ0v) is 9.11. The second kappa shape index (κ2) is 3.08. The predicted octanol–water partition coefficient (Wildman–Crippen LogP) is 2.32. The number of hydrogen-bond acceptors (Lipinski definition) is 1. The largest absolute Gasteiger partial charge is 0.358 e. The quantitative estimate of drug-likeness (QED) is 0.652. The number of hydrogen-bond donors (Lipinski definition) is 1. The number of rotatable bonds is 0. The van der Waals surface area contributed by atoms with E-state index in [2.05, 4.69) is 43.3 Å². The van der Waals surface area contributed by atoms with E-state index in [1.807, 2.05) is 0 Å². The Morgan fingerprint density at radius 1 is 1.29 bits per heavy atom. The first kappa shape index (κ1) is 8.46. The summed E-state index contributed by atoms with van der Waals surface area (Å²) in [5.74, 6) is 0. The van der Waals surface area contributed by atoms with E-state index in [1.165, 1.54) is 22.2 Å². The Balaban J connectivity index is 2.25. The maximum absolute atomic E-state index is 3.50. The number of para-hydroxylation sites is 1. The van der Waals surface area contributed by atoms with Crippen molar-refractivity contribution in [3.05, 3.63) is 35.5 Å². The topological polar surface area (TPSA) is 19.0 Å². The van der Waals surface area contributed by atoms with Crippen LogP contribution in [0, 0.1) is 0 Å². The molecular weight excluding hydrogens is 191 g/mol. The first-order valence-corrected chi connectivity index (χ1v) is 5.44. The summed E-state index contributed by atoms with van der Waals surface area (Å²) in [5, 5.41) is 1.38. The molecule has 2 aromatic rings. The zero-order valence-electron chi connectivity index (χ0n) is 7.96. The van der Waals surface area contributed by atoms with Gasteiger partial charge in [0.15, 0.2) is 0 Å². The minimum Gasteiger partial charge on any atom is -0.358 e. The van der Waals surface area contributed by atoms with Crippen LogP contribution < -0.4 is 0 Å². The summed E-state index contributed by atoms with van der Waals surface area (Å²) >= 11 is 0. The highest BCUT2D eigenvalue weighted by molar-refractivity contribution is 7.13. The van der Waals surface area contributed by atoms with Crippen LogP contribution in [0.1, 0.15) is 11.3 Å². The highest BCUT2D eigenvalue weighted by Gasteiger charge is 2.17. The Hall–Kier alpha value is -0.850. The molecule has 1 aromatic heterocycles. The summed E-state index contributed by atoms with van der Waals surface area (Å²) in [6.45, 7) is 2.18. The number of nitrogens with one attached hydrogen (secondary N) is 1. The van der Waals surface area contributed by atoms with Crippen molar-refractivity contribution in [3.8, 4) is 0 Å². The lowest BCUT2D eigenvalue weighted by Gasteiger charge is -2.21. The molecule has 0 radical (unpaired) electrons. The lowest BCUT2D eigenvalue weighted by atomic mass is 10.1. The van der Waals surface area contributed by atoms with E-state index in [4.69, 9.17) is 0 Å². The van der Waals surface area contributed by atoms with Crippen LogP contribution in [0.25, 0.3) is 10.9 Å². The van der Waals surface area contributed by atoms with Crippen LogP contribution in [-0.2, 0) is 13.0 Å². The second-order valence-corrected chi connectivity index (χ2v) is 4.58. The number of H-pyrrole nitrogens is 1. The molecule has 1 aromatic carbocycles. The Morgan fingerprint density at radius 3 is 3.07 bits per heavy atom. The maximum Gasteiger partial charge on any atom is 0.0459 e. The summed E-state index contributed by atoms with van der Waals surface area (Å²) in [7, 11) is 2.79. The Bertz CT molecular complexity index is 475. The van der Waals surface area contributed by atoms with Gasteiger partial charge in [0.05, 0.1) is 0 Å². The van der Waals surface area contributed by atoms with Crippen molar-refractivity contribution in [2.45, 2.75) is 13.0 Å². The van der Waals surface area contributed by atoms with Gasteiger partial charge in [0, 0.05) is 36.1 Å². The van der Waals surface area contributed by atoms with Crippen molar-refractivity contribution >= 4 is 20.3 Å². The third-order valence-corrected chi connectivity index (χ3v) is 3.35. The molecule has 0 saturated carbocycles. The highest BCUT2D eigenvalue weighted by Crippen LogP contribution is 2.28. The lowest BCUT2D eigenvalue weighted by Crippen LogP contribution is -2.20. The van der Waals surface area contributed by atoms with Gasteiger partial charge < -0.3 is 4.98 Å². The van der Waals surface area contributed by atoms with Crippen LogP contribution in [0.5, 0.6) is 0 Å². The maximum atomic E-state index is 3.50. The van der Waals surface area contributed by atoms with Gasteiger partial charge in [-0.05, 0) is 11.6 Å². The van der Waals surface area contributed by atoms with E-state index in [-0.39, 0.29) is 0 Å². The lowest BCUT2D eigenvalue weighted by molar-refractivity contribution is 0.443. The molecule has 0 bridgehead atoms. The summed E-state index contributed by atoms with van der Waals surface area (Å²) < 4.78 is 2.29. The van der Waals surface area contributed by atoms with Gasteiger partial charge in [0.2, 0.25) is 0 Å². The molecule has 1 aliphatic heterocycles. The molecule has 0 saturated heterocycles. The van der Waals surface area contributed by atoms with Crippen molar-refractivity contribution < 1.29 is 0 Å². The summed E-state index contributed by atoms with van der Waals surface area (Å²) in [4.78, 5) is 3.50. The Labute approximate surface area is 85.6 Å². The molecule has 1 aliphatic rings. The normalized spacial score (nSPS) is 17.2. The van der Waals surface area contributed by atoms with Crippen LogP contribution >= 0.6 is 9.39 Å². The van der Waals surface area contributed by atoms with Gasteiger partial charge in [0.1, 0.15) is 0 Å². The van der Waals surface area contributed by atoms with E-state index in [1.54, 1.807) is 0 Å². The van der Waals surface area contributed by atoms with Gasteiger partial charge >= 0.3 is 0 Å². The van der Waals surface area contributed by atoms with Crippen LogP contribution in [0.4, 0.5) is 0 Å². The van der Waals surface area contributed by atoms with Gasteiger partial charge in [0.25, 0.3) is 0 Å². The first-order valence-electron chi connectivity index (χ1n) is 4.93. The molecule has 1 unspecified atom stereocenters. The average molecular weight is 204 g/mol. The molecule has 0 aliphatic carbocycles. The van der Waals surface area contributed by atoms with Crippen molar-refractivity contribution in [2.24, 2.45) is 0 Å². The summed E-state index contributed by atoms with van der Waals surface area (Å²) in [6.07, 6.45) is 1.13. The zero-order chi connectivity index (χ0) is 9.54. The van der Waals surface area contributed by atoms with E-state index >= 15 is 0 Å². The molecule has 3 rings (SSSR count). The molecule has 72 valence electrons. The number of nitrogens with zero attached hydrogens (tertiary/aromatic N) is 1. The number of aromatic nitrogens is 1. The number of fused-ring (bicyclic) bond motifs is 3. The van der Waals surface area contributed by atoms with Gasteiger partial charge in [-0.2, -0.15) is 0 Å². The molecule has 2 nitrogen and oxygen atoms in total. The molecule has 1 N–H and O–H groups in total. The Kier molecular flexibility index (Phi) is 1.86. The second-order valence-electron chi connectivity index (χ2n) is 3.85. The summed E-state index contributed by atoms with van der Waals surface area (Å²) in [6, 6.07) is 8.55. The molecule has 2 heterocycles. The van der Waals surface area contributed by atoms with E-state index < -0.39 is 0 Å². The highest BCUT2D eigenvalue weighted by atomic mass is 31.0. The SMILES string of the molecule is PN1CCc2[nH]c3ccccc3c2C1. The fourth-order valence-corrected chi connectivity index (χ4v) is 2.50. The fourth-order valence-electron chi connectivity index (χ4n) is 2.19. The van der Waals surface area contributed by atoms with Crippen LogP contribution in [0.3, 0.4) is 0 Å². The average Bonchev–Trinajstić information content (AvgIpc) is 2.56. The molecule has 0 fully saturated rings. The first-order chi connectivity index (χ1) is 6.84. The third-order valence-electron chi connectivity index (χ3n) is 2.91. The molecule has 3 heteroatoms. The molecule has 1 atom stereocenters. The van der Waals surface area contributed by atoms with Gasteiger partial charge in [-0.15, -0.1) is 0 Å². The third kappa shape index (κ3) is 1.18. The van der Waals surface area contributed by atoms with Crippen molar-refractivity contribution in [1.82, 2.24) is 9.65 Å². The minimum absolute atomic E-state index is 1.05. The van der Waals surface area contributed by atoms with Gasteiger partial charge in [-0.1, -0.05) is 27.6 Å². The van der Waals surface area contributed by atoms with Crippen LogP contribution in [-0.4, -0.2) is 16.2 Å². The standard InChI is InChI=1S/C11H13N2P/c14-13-6-5-11-9(7-13)8-3-1-2-4-10(8)12-11/h1-4,12H,5-7,14H2. The predicted molar refractivity (Wildman–Crippen MR) is 62.1 cm³/mol. The van der Waals surface area contributed by atoms with Crippen molar-refractivity contribution in [2.75, 3.05) is 6.54 Å². The van der Waals surface area contributed by atoms with Crippen molar-refractivity contribution in [3.63, 3.8) is 0 Å². The molecule has 0 spiro atoms. The van der Waals surface area contributed by atoms with E-state index in [9.17, 15) is 0 Å². The van der Waals surface area contributed by atoms with Crippen LogP contribution in [0.2, 0.25) is 0 Å². The summed E-state index contributed by atoms with van der Waals surface area (Å²) in [5.41, 5.74) is 4.17. The Morgan fingerprint density at radius 2 is 2.14 bits per heavy atom. The number of aromatic amines is 1. The van der Waals surface area contributed by atoms with E-state index in [0.29, 0.717) is 0 Å². The van der Waals surface area contributed by atoms with Gasteiger partial charge in [-0.3, -0.25) is 4.67 Å². The molecule has 0 amide bonds. The molecule has 14 heavy (non-hydrogen) atoms. The smallest absolute Gasteiger partial charge is 0.0459 e. The number of benzene rings is 1. The van der Waals surface area contributed by atoms with Crippen molar-refractivity contribution in [1.29, 1.82) is 0 Å². The molecular formula is C11H13N2P. The van der Waals surface area contributed by atoms with E-state index in [0.717, 1.165) is 19.5 Å². The fraction of sp³-hybridized carbons (Fsp3) is 0.273. The van der Waals surface area contributed by atoms with Crippen LogP contribution in [0.15, 0.2) is 24.3 Å².